The first-order chi connectivity index (χ1) is 7.03. The lowest BCUT2D eigenvalue weighted by atomic mass is 10.1. The zero-order valence-electron chi connectivity index (χ0n) is 9.73. The average Bonchev–Trinajstić information content (AvgIpc) is 2.17. The summed E-state index contributed by atoms with van der Waals surface area (Å²) in [6.45, 7) is 6.23. The van der Waals surface area contributed by atoms with Crippen LogP contribution in [0.25, 0.3) is 0 Å². The quantitative estimate of drug-likeness (QED) is 0.824. The highest BCUT2D eigenvalue weighted by Crippen LogP contribution is 2.26. The van der Waals surface area contributed by atoms with Gasteiger partial charge in [-0.1, -0.05) is 30.3 Å². The number of hydrogen-bond donors (Lipinski definition) is 1. The number of aliphatic hydroxyl groups excluding tert-OH is 1. The third-order valence-corrected chi connectivity index (χ3v) is 2.06. The fourth-order valence-corrected chi connectivity index (χ4v) is 1.51. The Bertz CT molecular complexity index is 274. The van der Waals surface area contributed by atoms with Gasteiger partial charge in [0.1, 0.15) is 0 Å². The summed E-state index contributed by atoms with van der Waals surface area (Å²) >= 11 is 0. The van der Waals surface area contributed by atoms with Crippen LogP contribution in [-0.2, 0) is 4.74 Å². The third kappa shape index (κ3) is 4.45. The lowest BCUT2D eigenvalue weighted by Gasteiger charge is -2.27. The lowest BCUT2D eigenvalue weighted by Crippen LogP contribution is -2.23. The molecule has 0 heterocycles. The molecule has 0 aliphatic heterocycles. The molecule has 0 aliphatic carbocycles. The first kappa shape index (κ1) is 12.2. The summed E-state index contributed by atoms with van der Waals surface area (Å²) in [5.74, 6) is 0. The summed E-state index contributed by atoms with van der Waals surface area (Å²) in [7, 11) is 0. The van der Waals surface area contributed by atoms with Crippen molar-refractivity contribution in [2.75, 3.05) is 6.61 Å². The van der Waals surface area contributed by atoms with E-state index in [4.69, 9.17) is 9.84 Å². The van der Waals surface area contributed by atoms with E-state index in [9.17, 15) is 0 Å². The number of ether oxygens (including phenoxy) is 1. The van der Waals surface area contributed by atoms with Gasteiger partial charge in [0.05, 0.1) is 11.7 Å². The number of aliphatic hydroxyl groups is 1. The molecular weight excluding hydrogens is 188 g/mol. The Kier molecular flexibility index (Phi) is 4.30. The molecule has 1 rings (SSSR count). The molecule has 0 saturated carbocycles. The zero-order chi connectivity index (χ0) is 11.3. The summed E-state index contributed by atoms with van der Waals surface area (Å²) in [5, 5.41) is 9.01. The van der Waals surface area contributed by atoms with Gasteiger partial charge in [0.15, 0.2) is 0 Å². The largest absolute Gasteiger partial charge is 0.396 e. The highest BCUT2D eigenvalue weighted by molar-refractivity contribution is 5.17. The van der Waals surface area contributed by atoms with E-state index in [2.05, 4.69) is 0 Å². The van der Waals surface area contributed by atoms with Gasteiger partial charge in [-0.15, -0.1) is 0 Å². The molecule has 1 aromatic rings. The average molecular weight is 208 g/mol. The molecule has 1 N–H and O–H groups in total. The molecule has 0 radical (unpaired) electrons. The summed E-state index contributed by atoms with van der Waals surface area (Å²) < 4.78 is 5.90. The van der Waals surface area contributed by atoms with Gasteiger partial charge in [-0.2, -0.15) is 0 Å². The highest BCUT2D eigenvalue weighted by Gasteiger charge is 2.19. The van der Waals surface area contributed by atoms with Crippen molar-refractivity contribution in [2.45, 2.75) is 38.9 Å². The van der Waals surface area contributed by atoms with Gasteiger partial charge >= 0.3 is 0 Å². The molecule has 15 heavy (non-hydrogen) atoms. The van der Waals surface area contributed by atoms with E-state index < -0.39 is 0 Å². The van der Waals surface area contributed by atoms with Crippen LogP contribution in [0.4, 0.5) is 0 Å². The Morgan fingerprint density at radius 2 is 1.80 bits per heavy atom. The first-order valence-electron chi connectivity index (χ1n) is 5.36. The van der Waals surface area contributed by atoms with Crippen LogP contribution in [0.15, 0.2) is 30.3 Å². The van der Waals surface area contributed by atoms with Gasteiger partial charge in [-0.25, -0.2) is 0 Å². The van der Waals surface area contributed by atoms with Crippen molar-refractivity contribution in [3.8, 4) is 0 Å². The molecule has 2 heteroatoms. The fraction of sp³-hybridized carbons (Fsp3) is 0.538. The Labute approximate surface area is 91.9 Å². The van der Waals surface area contributed by atoms with Gasteiger partial charge in [0.2, 0.25) is 0 Å². The monoisotopic (exact) mass is 208 g/mol. The van der Waals surface area contributed by atoms with Crippen LogP contribution < -0.4 is 0 Å². The van der Waals surface area contributed by atoms with Crippen LogP contribution >= 0.6 is 0 Å². The van der Waals surface area contributed by atoms with Crippen LogP contribution in [-0.4, -0.2) is 17.3 Å². The summed E-state index contributed by atoms with van der Waals surface area (Å²) in [6.07, 6.45) is 0.623. The number of rotatable bonds is 4. The minimum absolute atomic E-state index is 0.0174. The van der Waals surface area contributed by atoms with E-state index in [-0.39, 0.29) is 18.3 Å². The van der Waals surface area contributed by atoms with Gasteiger partial charge in [-0.05, 0) is 26.3 Å². The summed E-state index contributed by atoms with van der Waals surface area (Å²) in [4.78, 5) is 0. The molecule has 84 valence electrons. The Hall–Kier alpha value is -0.860. The maximum atomic E-state index is 9.01. The van der Waals surface area contributed by atoms with Crippen molar-refractivity contribution in [1.29, 1.82) is 0 Å². The van der Waals surface area contributed by atoms with Gasteiger partial charge in [-0.3, -0.25) is 0 Å². The van der Waals surface area contributed by atoms with Crippen LogP contribution in [0.3, 0.4) is 0 Å². The summed E-state index contributed by atoms with van der Waals surface area (Å²) in [6, 6.07) is 10.0. The van der Waals surface area contributed by atoms with Crippen LogP contribution in [0.5, 0.6) is 0 Å². The smallest absolute Gasteiger partial charge is 0.0853 e. The van der Waals surface area contributed by atoms with E-state index in [0.29, 0.717) is 6.42 Å². The zero-order valence-corrected chi connectivity index (χ0v) is 9.73. The minimum Gasteiger partial charge on any atom is -0.396 e. The van der Waals surface area contributed by atoms with Gasteiger partial charge < -0.3 is 9.84 Å². The van der Waals surface area contributed by atoms with E-state index in [1.807, 2.05) is 51.1 Å². The molecule has 0 spiro atoms. The van der Waals surface area contributed by atoms with Crippen molar-refractivity contribution in [2.24, 2.45) is 0 Å². The predicted octanol–water partition coefficient (Wildman–Crippen LogP) is 2.93. The van der Waals surface area contributed by atoms with E-state index in [1.54, 1.807) is 0 Å². The molecule has 0 bridgehead atoms. The van der Waals surface area contributed by atoms with Crippen LogP contribution in [0.2, 0.25) is 0 Å². The maximum absolute atomic E-state index is 9.01. The standard InChI is InChI=1S/C13H20O2/c1-13(2,3)15-12(9-10-14)11-7-5-4-6-8-11/h4-8,12,14H,9-10H2,1-3H3. The van der Waals surface area contributed by atoms with Crippen molar-refractivity contribution in [3.05, 3.63) is 35.9 Å². The van der Waals surface area contributed by atoms with Crippen molar-refractivity contribution in [1.82, 2.24) is 0 Å². The SMILES string of the molecule is CC(C)(C)OC(CCO)c1ccccc1. The topological polar surface area (TPSA) is 29.5 Å². The van der Waals surface area contributed by atoms with E-state index >= 15 is 0 Å². The molecule has 0 saturated heterocycles. The second kappa shape index (κ2) is 5.29. The molecule has 1 aromatic carbocycles. The second-order valence-corrected chi connectivity index (χ2v) is 4.64. The minimum atomic E-state index is -0.185. The van der Waals surface area contributed by atoms with Crippen molar-refractivity contribution >= 4 is 0 Å². The maximum Gasteiger partial charge on any atom is 0.0853 e. The third-order valence-electron chi connectivity index (χ3n) is 2.06. The molecule has 1 atom stereocenters. The molecule has 0 amide bonds. The second-order valence-electron chi connectivity index (χ2n) is 4.64. The van der Waals surface area contributed by atoms with Crippen LogP contribution in [0.1, 0.15) is 38.9 Å². The Morgan fingerprint density at radius 1 is 1.20 bits per heavy atom. The van der Waals surface area contributed by atoms with E-state index in [0.717, 1.165) is 5.56 Å². The molecular formula is C13H20O2. The molecule has 2 nitrogen and oxygen atoms in total. The molecule has 1 unspecified atom stereocenters. The summed E-state index contributed by atoms with van der Waals surface area (Å²) in [5.41, 5.74) is 0.942. The van der Waals surface area contributed by atoms with E-state index in [1.165, 1.54) is 0 Å². The van der Waals surface area contributed by atoms with Gasteiger partial charge in [0, 0.05) is 13.0 Å². The van der Waals surface area contributed by atoms with Crippen molar-refractivity contribution < 1.29 is 9.84 Å². The van der Waals surface area contributed by atoms with Gasteiger partial charge in [0.25, 0.3) is 0 Å². The number of benzene rings is 1. The van der Waals surface area contributed by atoms with Crippen molar-refractivity contribution in [3.63, 3.8) is 0 Å². The Morgan fingerprint density at radius 3 is 2.27 bits per heavy atom. The van der Waals surface area contributed by atoms with Crippen LogP contribution in [0, 0.1) is 0 Å². The molecule has 0 aromatic heterocycles. The fourth-order valence-electron chi connectivity index (χ4n) is 1.51. The highest BCUT2D eigenvalue weighted by atomic mass is 16.5. The molecule has 0 aliphatic rings. The Balaban J connectivity index is 2.75. The lowest BCUT2D eigenvalue weighted by molar-refractivity contribution is -0.0698. The first-order valence-corrected chi connectivity index (χ1v) is 5.36. The normalized spacial score (nSPS) is 13.9. The predicted molar refractivity (Wildman–Crippen MR) is 61.7 cm³/mol. The molecule has 0 fully saturated rings. The number of hydrogen-bond acceptors (Lipinski definition) is 2.